The highest BCUT2D eigenvalue weighted by molar-refractivity contribution is 6.32. The fourth-order valence-corrected chi connectivity index (χ4v) is 14.2. The van der Waals surface area contributed by atoms with Gasteiger partial charge < -0.3 is 138 Å². The summed E-state index contributed by atoms with van der Waals surface area (Å²) in [5.74, 6) is -17.6. The Balaban J connectivity index is 1.12. The zero-order valence-electron chi connectivity index (χ0n) is 61.9. The lowest BCUT2D eigenvalue weighted by Crippen LogP contribution is -2.65. The summed E-state index contributed by atoms with van der Waals surface area (Å²) in [7, 11) is 0. The number of carboxylic acids is 1. The van der Waals surface area contributed by atoms with Crippen molar-refractivity contribution in [2.45, 2.75) is 163 Å². The van der Waals surface area contributed by atoms with E-state index in [1.165, 1.54) is 12.1 Å². The van der Waals surface area contributed by atoms with Crippen LogP contribution in [0, 0.1) is 5.92 Å². The zero-order valence-corrected chi connectivity index (χ0v) is 63.4. The Bertz CT molecular complexity index is 4750. The highest BCUT2D eigenvalue weighted by Crippen LogP contribution is 2.50. The maximum atomic E-state index is 16.2. The van der Waals surface area contributed by atoms with E-state index < -0.39 is 266 Å². The molecule has 0 unspecified atom stereocenters. The first-order chi connectivity index (χ1) is 54.5. The molecular weight excluding hydrogens is 1550 g/mol. The van der Waals surface area contributed by atoms with Crippen molar-refractivity contribution in [2.75, 3.05) is 19.8 Å². The number of primary amides is 1. The Hall–Kier alpha value is -11.0. The summed E-state index contributed by atoms with van der Waals surface area (Å²) < 4.78 is 45.2. The Morgan fingerprint density at radius 3 is 2.01 bits per heavy atom. The van der Waals surface area contributed by atoms with Gasteiger partial charge in [0, 0.05) is 35.7 Å². The van der Waals surface area contributed by atoms with Gasteiger partial charge in [-0.25, -0.2) is 0 Å². The molecule has 0 aromatic heterocycles. The zero-order chi connectivity index (χ0) is 83.3. The van der Waals surface area contributed by atoms with Crippen molar-refractivity contribution in [3.63, 3.8) is 0 Å². The molecule has 11 bridgehead atoms. The van der Waals surface area contributed by atoms with Gasteiger partial charge in [0.2, 0.25) is 59.3 Å². The third-order valence-electron chi connectivity index (χ3n) is 20.0. The van der Waals surface area contributed by atoms with Crippen molar-refractivity contribution >= 4 is 76.4 Å². The molecule has 38 heteroatoms. The summed E-state index contributed by atoms with van der Waals surface area (Å²) >= 11 is 14.3. The number of ether oxygens (including phenoxy) is 7. The minimum atomic E-state index is -2.39. The van der Waals surface area contributed by atoms with Gasteiger partial charge in [-0.15, -0.1) is 6.58 Å². The number of aliphatic hydroxyl groups excluding tert-OH is 6. The molecule has 18 atom stereocenters. The van der Waals surface area contributed by atoms with Crippen molar-refractivity contribution in [3.05, 3.63) is 159 Å². The quantitative estimate of drug-likeness (QED) is 0.0379. The number of halogens is 2. The molecule has 7 heterocycles. The summed E-state index contributed by atoms with van der Waals surface area (Å²) in [6, 6.07) is 5.83. The van der Waals surface area contributed by atoms with Crippen molar-refractivity contribution in [1.29, 1.82) is 0 Å². The monoisotopic (exact) mass is 1640 g/mol. The van der Waals surface area contributed by atoms with Gasteiger partial charge >= 0.3 is 5.97 Å². The standard InChI is InChI=1S/C77H86Cl2N10O26/c1-6-7-17-109-39-10-8-9-33(18-39)28-83-77(5)27-54(110-32(4)68(77)101)114-67-65(100)64(99)51(30-90)113-76(67)115-66-49-22-37-23-50(66)112-48-16-13-36(21-43(48)79)63(98)61-75(108)87-59(71(104)82-29-53(95)96)41-24-38(91)25-46(93)55(41)40-19-34(11-14-45(40)92)57(72(105)89-61)86-73(106)58(37)85-69(102)44(26-52(80)94)84-74(107)60(88-70(103)56(81)31(2)3)62(97)35-12-15-47(111-49)42(78)20-35/h6,8-16,18-25,31-32,44,51,54,56-65,67-68,76,83,90-93,97-101H,1,7,17,26-30,81H2,2-5H3,(H2,80,94)(H,82,104)(H,84,107)(H,85,102)(H,86,106)(H,87,108)(H,88,103)(H,89,105)(H,95,96)/t32-,44-,51+,54-,56-,57+,58+,59-,60+,61-,62+,63+,64+,65-,67+,68+,76-,77-/m0/s1. The average Bonchev–Trinajstić information content (AvgIpc) is 0.762. The van der Waals surface area contributed by atoms with E-state index in [0.717, 1.165) is 72.3 Å². The number of carbonyl (C=O) groups is 9. The van der Waals surface area contributed by atoms with Crippen LogP contribution >= 0.6 is 23.2 Å². The summed E-state index contributed by atoms with van der Waals surface area (Å²) in [4.78, 5) is 131. The van der Waals surface area contributed by atoms with Crippen LogP contribution < -0.4 is 72.9 Å². The lowest BCUT2D eigenvalue weighted by atomic mass is 9.84. The minimum Gasteiger partial charge on any atom is -0.508 e. The van der Waals surface area contributed by atoms with Crippen molar-refractivity contribution in [3.8, 4) is 62.9 Å². The molecule has 6 aromatic rings. The van der Waals surface area contributed by atoms with E-state index >= 15 is 19.2 Å². The molecule has 7 aliphatic rings. The molecule has 2 saturated heterocycles. The van der Waals surface area contributed by atoms with E-state index in [4.69, 9.17) is 67.8 Å². The van der Waals surface area contributed by atoms with Crippen LogP contribution in [-0.4, -0.2) is 203 Å². The number of benzene rings is 6. The van der Waals surface area contributed by atoms with Crippen molar-refractivity contribution in [2.24, 2.45) is 17.4 Å². The number of phenols is 3. The number of phenolic OH excluding ortho intramolecular Hbond substituents is 3. The number of carbonyl (C=O) groups excluding carboxylic acids is 8. The van der Waals surface area contributed by atoms with Gasteiger partial charge in [0.1, 0.15) is 108 Å². The van der Waals surface area contributed by atoms with Crippen LogP contribution in [0.4, 0.5) is 0 Å². The molecule has 8 amide bonds. The maximum Gasteiger partial charge on any atom is 0.322 e. The van der Waals surface area contributed by atoms with Crippen molar-refractivity contribution < 1.29 is 127 Å². The van der Waals surface area contributed by atoms with Gasteiger partial charge in [0.25, 0.3) is 0 Å². The number of rotatable bonds is 20. The minimum absolute atomic E-state index is 0.164. The third kappa shape index (κ3) is 19.0. The molecule has 0 saturated carbocycles. The third-order valence-corrected chi connectivity index (χ3v) is 20.6. The molecule has 614 valence electrons. The van der Waals surface area contributed by atoms with E-state index in [1.807, 2.05) is 6.07 Å². The first kappa shape index (κ1) is 84.9. The Labute approximate surface area is 665 Å². The van der Waals surface area contributed by atoms with Crippen LogP contribution in [0.25, 0.3) is 11.1 Å². The molecule has 0 spiro atoms. The molecule has 2 fully saturated rings. The van der Waals surface area contributed by atoms with Crippen molar-refractivity contribution in [1.82, 2.24) is 42.5 Å². The van der Waals surface area contributed by atoms with Crippen LogP contribution in [0.5, 0.6) is 51.7 Å². The van der Waals surface area contributed by atoms with E-state index in [-0.39, 0.29) is 29.8 Å². The Morgan fingerprint density at radius 2 is 1.37 bits per heavy atom. The molecule has 13 rings (SSSR count). The lowest BCUT2D eigenvalue weighted by Gasteiger charge is -2.48. The fourth-order valence-electron chi connectivity index (χ4n) is 13.7. The molecule has 36 nitrogen and oxygen atoms in total. The van der Waals surface area contributed by atoms with Gasteiger partial charge in [-0.3, -0.25) is 43.2 Å². The Kier molecular flexibility index (Phi) is 26.5. The predicted molar refractivity (Wildman–Crippen MR) is 402 cm³/mol. The van der Waals surface area contributed by atoms with Gasteiger partial charge in [-0.2, -0.15) is 0 Å². The van der Waals surface area contributed by atoms with E-state index in [0.29, 0.717) is 18.8 Å². The number of hydrogen-bond acceptors (Lipinski definition) is 27. The van der Waals surface area contributed by atoms with E-state index in [1.54, 1.807) is 52.0 Å². The number of hydrogen-bond donors (Lipinski definition) is 20. The second kappa shape index (κ2) is 35.8. The molecule has 115 heavy (non-hydrogen) atoms. The second-order valence-electron chi connectivity index (χ2n) is 28.6. The average molecular weight is 1640 g/mol. The molecular formula is C77H86Cl2N10O26. The number of fused-ring (bicyclic) bond motifs is 15. The number of carboxylic acid groups (broad SMARTS) is 1. The fraction of sp³-hybridized carbons (Fsp3) is 0.390. The summed E-state index contributed by atoms with van der Waals surface area (Å²) in [6.45, 7) is 8.59. The van der Waals surface area contributed by atoms with Gasteiger partial charge in [0.05, 0.1) is 47.9 Å². The number of amides is 8. The topological polar surface area (TPSA) is 569 Å². The second-order valence-corrected chi connectivity index (χ2v) is 29.4. The van der Waals surface area contributed by atoms with Crippen LogP contribution in [0.3, 0.4) is 0 Å². The number of aliphatic carboxylic acids is 1. The largest absolute Gasteiger partial charge is 0.508 e. The summed E-state index contributed by atoms with van der Waals surface area (Å²) in [5, 5.41) is 135. The number of nitrogens with two attached hydrogens (primary N) is 2. The number of aliphatic hydroxyl groups is 6. The normalized spacial score (nSPS) is 27.1. The van der Waals surface area contributed by atoms with Gasteiger partial charge in [0.15, 0.2) is 23.9 Å². The molecule has 0 aliphatic carbocycles. The smallest absolute Gasteiger partial charge is 0.322 e. The van der Waals surface area contributed by atoms with Crippen LogP contribution in [0.2, 0.25) is 10.0 Å². The first-order valence-electron chi connectivity index (χ1n) is 36.1. The highest BCUT2D eigenvalue weighted by Gasteiger charge is 2.52. The summed E-state index contributed by atoms with van der Waals surface area (Å²) in [5.41, 5.74) is 8.47. The molecule has 7 aliphatic heterocycles. The SMILES string of the molecule is C=CCCOc1cccc(CN[C@@]2(C)C[C@H](O[C@H]3[C@H](Oc4c5cc6cc4Oc4ccc(cc4Cl)[C@@H](O)[C@@H](NC(=O)[C@@H](N)C(C)C)C(=O)N[C@@H](CC(N)=O)C(=O)N[C@H]6C(=O)N[C@H]4C(=O)N[C@H](C(=O)N[C@H](C(=O)NCC(=O)O)c6cc(O)cc(O)c6-c6cc4ccc6O)[C@H](O)c4ccc(c(Cl)c4)O5)O[C@H](CO)[C@@H](O)[C@@H]3O)O[C@@H](C)[C@H]2O)c1. The predicted octanol–water partition coefficient (Wildman–Crippen LogP) is 1.36. The van der Waals surface area contributed by atoms with Gasteiger partial charge in [-0.05, 0) is 126 Å². The van der Waals surface area contributed by atoms with E-state index in [2.05, 4.69) is 49.1 Å². The molecule has 22 N–H and O–H groups in total. The number of nitrogens with one attached hydrogen (secondary N) is 8. The van der Waals surface area contributed by atoms with Crippen LogP contribution in [0.15, 0.2) is 116 Å². The van der Waals surface area contributed by atoms with E-state index in [9.17, 15) is 75.0 Å². The molecule has 0 radical (unpaired) electrons. The first-order valence-corrected chi connectivity index (χ1v) is 36.9. The van der Waals surface area contributed by atoms with Crippen LogP contribution in [-0.2, 0) is 63.9 Å². The van der Waals surface area contributed by atoms with Crippen LogP contribution in [0.1, 0.15) is 111 Å². The maximum absolute atomic E-state index is 16.2. The Morgan fingerprint density at radius 1 is 0.730 bits per heavy atom. The summed E-state index contributed by atoms with van der Waals surface area (Å²) in [6.07, 6.45) is -16.8. The number of aromatic hydroxyl groups is 3. The lowest BCUT2D eigenvalue weighted by molar-refractivity contribution is -0.334. The van der Waals surface area contributed by atoms with Gasteiger partial charge in [-0.1, -0.05) is 73.5 Å². The molecule has 6 aromatic carbocycles. The highest BCUT2D eigenvalue weighted by atomic mass is 35.5.